The van der Waals surface area contributed by atoms with E-state index < -0.39 is 0 Å². The Labute approximate surface area is 207 Å². The van der Waals surface area contributed by atoms with Crippen LogP contribution in [0.1, 0.15) is 80.0 Å². The van der Waals surface area contributed by atoms with Crippen molar-refractivity contribution >= 4 is 5.91 Å². The molecule has 4 rings (SSSR count). The molecule has 2 heterocycles. The van der Waals surface area contributed by atoms with E-state index in [-0.39, 0.29) is 17.7 Å². The fourth-order valence-corrected chi connectivity index (χ4v) is 4.67. The van der Waals surface area contributed by atoms with Crippen LogP contribution >= 0.6 is 0 Å². The van der Waals surface area contributed by atoms with Gasteiger partial charge in [0, 0.05) is 17.7 Å². The summed E-state index contributed by atoms with van der Waals surface area (Å²) in [5.74, 6) is 1.39. The molecule has 1 aromatic heterocycles. The number of carbonyl (C=O) groups excluding carboxylic acids is 1. The summed E-state index contributed by atoms with van der Waals surface area (Å²) in [4.78, 5) is 15.3. The molecule has 0 unspecified atom stereocenters. The summed E-state index contributed by atoms with van der Waals surface area (Å²) < 4.78 is 11.7. The van der Waals surface area contributed by atoms with Crippen molar-refractivity contribution in [3.05, 3.63) is 59.3 Å². The number of phenols is 1. The molecule has 186 valence electrons. The zero-order valence-electron chi connectivity index (χ0n) is 20.8. The van der Waals surface area contributed by atoms with E-state index in [0.717, 1.165) is 36.8 Å². The van der Waals surface area contributed by atoms with Gasteiger partial charge in [0.25, 0.3) is 5.91 Å². The highest BCUT2D eigenvalue weighted by Gasteiger charge is 2.42. The van der Waals surface area contributed by atoms with Crippen LogP contribution in [0.15, 0.2) is 42.5 Å². The number of aromatic amines is 1. The summed E-state index contributed by atoms with van der Waals surface area (Å²) in [7, 11) is 1.63. The maximum Gasteiger partial charge on any atom is 0.273 e. The Morgan fingerprint density at radius 2 is 1.83 bits per heavy atom. The number of nitrogens with zero attached hydrogens (tertiary/aromatic N) is 2. The van der Waals surface area contributed by atoms with Crippen molar-refractivity contribution in [1.82, 2.24) is 15.1 Å². The van der Waals surface area contributed by atoms with Crippen molar-refractivity contribution in [2.45, 2.75) is 58.4 Å². The van der Waals surface area contributed by atoms with Crippen LogP contribution in [0.3, 0.4) is 0 Å². The van der Waals surface area contributed by atoms with Gasteiger partial charge in [0.1, 0.15) is 17.1 Å². The van der Waals surface area contributed by atoms with Crippen LogP contribution < -0.4 is 9.47 Å². The van der Waals surface area contributed by atoms with E-state index in [1.165, 1.54) is 12.8 Å². The third-order valence-corrected chi connectivity index (χ3v) is 6.53. The predicted octanol–water partition coefficient (Wildman–Crippen LogP) is 6.10. The molecule has 7 nitrogen and oxygen atoms in total. The molecule has 0 aliphatic carbocycles. The molecule has 2 aromatic carbocycles. The van der Waals surface area contributed by atoms with Crippen molar-refractivity contribution < 1.29 is 19.4 Å². The third-order valence-electron chi connectivity index (χ3n) is 6.53. The zero-order valence-corrected chi connectivity index (χ0v) is 20.8. The average Bonchev–Trinajstić information content (AvgIpc) is 3.41. The van der Waals surface area contributed by atoms with Gasteiger partial charge in [0.05, 0.1) is 19.8 Å². The van der Waals surface area contributed by atoms with Gasteiger partial charge in [0.15, 0.2) is 11.5 Å². The molecule has 2 N–H and O–H groups in total. The Hall–Kier alpha value is -3.48. The Kier molecular flexibility index (Phi) is 7.95. The number of carbonyl (C=O) groups is 1. The molecule has 0 radical (unpaired) electrons. The second-order valence-corrected chi connectivity index (χ2v) is 8.95. The van der Waals surface area contributed by atoms with Crippen molar-refractivity contribution in [2.24, 2.45) is 0 Å². The van der Waals surface area contributed by atoms with Gasteiger partial charge in [0.2, 0.25) is 0 Å². The highest BCUT2D eigenvalue weighted by molar-refractivity contribution is 6.00. The third kappa shape index (κ3) is 4.99. The first-order chi connectivity index (χ1) is 17.1. The molecule has 0 spiro atoms. The van der Waals surface area contributed by atoms with Gasteiger partial charge in [-0.3, -0.25) is 9.89 Å². The first-order valence-corrected chi connectivity index (χ1v) is 12.6. The van der Waals surface area contributed by atoms with Gasteiger partial charge in [-0.25, -0.2) is 0 Å². The van der Waals surface area contributed by atoms with Crippen molar-refractivity contribution in [3.63, 3.8) is 0 Å². The highest BCUT2D eigenvalue weighted by Crippen LogP contribution is 2.45. The van der Waals surface area contributed by atoms with E-state index in [2.05, 4.69) is 24.0 Å². The van der Waals surface area contributed by atoms with Crippen LogP contribution in [-0.2, 0) is 0 Å². The number of rotatable bonds is 12. The Balaban J connectivity index is 1.71. The van der Waals surface area contributed by atoms with Crippen LogP contribution in [0.2, 0.25) is 0 Å². The Morgan fingerprint density at radius 3 is 2.57 bits per heavy atom. The van der Waals surface area contributed by atoms with Gasteiger partial charge < -0.3 is 19.5 Å². The molecule has 7 heteroatoms. The molecular weight excluding hydrogens is 442 g/mol. The van der Waals surface area contributed by atoms with E-state index in [4.69, 9.17) is 9.47 Å². The number of para-hydroxylation sites is 1. The van der Waals surface area contributed by atoms with E-state index >= 15 is 0 Å². The number of methoxy groups -OCH3 is 1. The van der Waals surface area contributed by atoms with E-state index in [1.807, 2.05) is 35.2 Å². The molecule has 1 atom stereocenters. The monoisotopic (exact) mass is 477 g/mol. The number of unbranched alkanes of at least 4 members (excludes halogenated alkanes) is 4. The lowest BCUT2D eigenvalue weighted by atomic mass is 9.95. The van der Waals surface area contributed by atoms with E-state index in [0.29, 0.717) is 41.6 Å². The molecule has 0 fully saturated rings. The summed E-state index contributed by atoms with van der Waals surface area (Å²) in [5.41, 5.74) is 3.36. The number of aromatic nitrogens is 2. The number of fused-ring (bicyclic) bond motifs is 1. The number of benzene rings is 2. The second kappa shape index (κ2) is 11.3. The Morgan fingerprint density at radius 1 is 1.03 bits per heavy atom. The van der Waals surface area contributed by atoms with Crippen LogP contribution in [0.5, 0.6) is 17.2 Å². The number of nitrogens with one attached hydrogen (secondary N) is 1. The van der Waals surface area contributed by atoms with Crippen LogP contribution in [0.4, 0.5) is 0 Å². The summed E-state index contributed by atoms with van der Waals surface area (Å²) >= 11 is 0. The van der Waals surface area contributed by atoms with Crippen LogP contribution in [0, 0.1) is 0 Å². The molecule has 1 aliphatic rings. The molecular formula is C28H35N3O4. The number of hydrogen-bond acceptors (Lipinski definition) is 5. The van der Waals surface area contributed by atoms with Crippen LogP contribution in [0.25, 0.3) is 11.3 Å². The Bertz CT molecular complexity index is 1160. The van der Waals surface area contributed by atoms with Crippen LogP contribution in [-0.4, -0.2) is 46.4 Å². The van der Waals surface area contributed by atoms with Gasteiger partial charge in [-0.2, -0.15) is 5.10 Å². The number of amides is 1. The summed E-state index contributed by atoms with van der Waals surface area (Å²) in [5, 5.41) is 17.9. The van der Waals surface area contributed by atoms with Gasteiger partial charge >= 0.3 is 0 Å². The number of aromatic hydroxyl groups is 1. The minimum absolute atomic E-state index is 0.0807. The first kappa shape index (κ1) is 24.6. The SMILES string of the molecule is CCCCCCOc1ccc([C@H]2c3c(-c4ccccc4O)n[nH]c3C(=O)N2CCCC)cc1OC. The minimum Gasteiger partial charge on any atom is -0.507 e. The molecule has 0 saturated heterocycles. The number of H-pyrrole nitrogens is 1. The van der Waals surface area contributed by atoms with Gasteiger partial charge in [-0.15, -0.1) is 0 Å². The second-order valence-electron chi connectivity index (χ2n) is 8.95. The first-order valence-electron chi connectivity index (χ1n) is 12.6. The largest absolute Gasteiger partial charge is 0.507 e. The highest BCUT2D eigenvalue weighted by atomic mass is 16.5. The molecule has 35 heavy (non-hydrogen) atoms. The topological polar surface area (TPSA) is 87.7 Å². The maximum absolute atomic E-state index is 13.4. The van der Waals surface area contributed by atoms with E-state index in [9.17, 15) is 9.90 Å². The fourth-order valence-electron chi connectivity index (χ4n) is 4.67. The lowest BCUT2D eigenvalue weighted by Gasteiger charge is -2.27. The lowest BCUT2D eigenvalue weighted by Crippen LogP contribution is -2.30. The smallest absolute Gasteiger partial charge is 0.273 e. The maximum atomic E-state index is 13.4. The minimum atomic E-state index is -0.343. The summed E-state index contributed by atoms with van der Waals surface area (Å²) in [6, 6.07) is 12.6. The molecule has 1 amide bonds. The van der Waals surface area contributed by atoms with Gasteiger partial charge in [-0.1, -0.05) is 57.7 Å². The van der Waals surface area contributed by atoms with Gasteiger partial charge in [-0.05, 0) is 42.7 Å². The molecule has 1 aliphatic heterocycles. The lowest BCUT2D eigenvalue weighted by molar-refractivity contribution is 0.0741. The number of phenolic OH excluding ortho intramolecular Hbond substituents is 1. The number of ether oxygens (including phenoxy) is 2. The molecule has 0 saturated carbocycles. The van der Waals surface area contributed by atoms with E-state index in [1.54, 1.807) is 19.2 Å². The quantitative estimate of drug-likeness (QED) is 0.308. The fraction of sp³-hybridized carbons (Fsp3) is 0.429. The van der Waals surface area contributed by atoms with Crippen molar-refractivity contribution in [1.29, 1.82) is 0 Å². The summed E-state index contributed by atoms with van der Waals surface area (Å²) in [6.45, 7) is 5.57. The predicted molar refractivity (Wildman–Crippen MR) is 136 cm³/mol. The zero-order chi connectivity index (χ0) is 24.8. The van der Waals surface area contributed by atoms with Crippen molar-refractivity contribution in [2.75, 3.05) is 20.3 Å². The molecule has 3 aromatic rings. The standard InChI is InChI=1S/C28H35N3O4/c1-4-6-8-11-17-35-22-15-14-19(18-23(22)34-3)27-24-25(20-12-9-10-13-21(20)32)29-30-26(24)28(33)31(27)16-7-5-2/h9-10,12-15,18,27,32H,4-8,11,16-17H2,1-3H3,(H,29,30)/t27-/m0/s1. The average molecular weight is 478 g/mol. The normalized spacial score (nSPS) is 14.9. The van der Waals surface area contributed by atoms with Crippen molar-refractivity contribution in [3.8, 4) is 28.5 Å². The summed E-state index contributed by atoms with van der Waals surface area (Å²) in [6.07, 6.45) is 6.40. The number of hydrogen-bond donors (Lipinski definition) is 2. The molecule has 0 bridgehead atoms.